The molecule has 120 valence electrons. The number of para-hydroxylation sites is 1. The van der Waals surface area contributed by atoms with Gasteiger partial charge < -0.3 is 9.64 Å². The van der Waals surface area contributed by atoms with E-state index in [4.69, 9.17) is 4.74 Å². The molecule has 1 amide bonds. The lowest BCUT2D eigenvalue weighted by atomic mass is 10.1. The Labute approximate surface area is 140 Å². The summed E-state index contributed by atoms with van der Waals surface area (Å²) in [4.78, 5) is 19.5. The zero-order valence-corrected chi connectivity index (χ0v) is 14.0. The van der Waals surface area contributed by atoms with Crippen molar-refractivity contribution in [2.45, 2.75) is 20.4 Å². The zero-order valence-electron chi connectivity index (χ0n) is 14.0. The summed E-state index contributed by atoms with van der Waals surface area (Å²) in [5, 5.41) is 1.03. The van der Waals surface area contributed by atoms with Crippen LogP contribution >= 0.6 is 0 Å². The molecule has 0 fully saturated rings. The molecule has 4 rings (SSSR count). The Morgan fingerprint density at radius 3 is 2.71 bits per heavy atom. The maximum absolute atomic E-state index is 13.1. The van der Waals surface area contributed by atoms with Crippen molar-refractivity contribution in [3.05, 3.63) is 64.8 Å². The summed E-state index contributed by atoms with van der Waals surface area (Å²) in [6.07, 6.45) is 0. The molecular formula is C20H18N2O2. The monoisotopic (exact) mass is 318 g/mol. The molecule has 0 atom stereocenters. The largest absolute Gasteiger partial charge is 0.496 e. The number of carbonyl (C=O) groups excluding carboxylic acids is 1. The molecule has 0 saturated carbocycles. The van der Waals surface area contributed by atoms with E-state index in [1.54, 1.807) is 12.0 Å². The van der Waals surface area contributed by atoms with Crippen molar-refractivity contribution in [1.82, 2.24) is 4.98 Å². The van der Waals surface area contributed by atoms with Crippen LogP contribution in [0.4, 0.5) is 5.69 Å². The number of hydrogen-bond acceptors (Lipinski definition) is 3. The van der Waals surface area contributed by atoms with Gasteiger partial charge in [0.05, 0.1) is 30.4 Å². The van der Waals surface area contributed by atoms with Crippen LogP contribution in [0.1, 0.15) is 27.2 Å². The van der Waals surface area contributed by atoms with Gasteiger partial charge in [-0.05, 0) is 37.1 Å². The average molecular weight is 318 g/mol. The summed E-state index contributed by atoms with van der Waals surface area (Å²) >= 11 is 0. The third kappa shape index (κ3) is 2.07. The second-order valence-corrected chi connectivity index (χ2v) is 6.14. The number of benzene rings is 2. The Kier molecular flexibility index (Phi) is 3.27. The molecule has 0 spiro atoms. The number of ether oxygens (including phenoxy) is 1. The van der Waals surface area contributed by atoms with Crippen LogP contribution < -0.4 is 9.64 Å². The van der Waals surface area contributed by atoms with E-state index in [0.29, 0.717) is 17.9 Å². The first-order valence-corrected chi connectivity index (χ1v) is 7.95. The van der Waals surface area contributed by atoms with Crippen LogP contribution in [0.3, 0.4) is 0 Å². The molecule has 3 aromatic rings. The van der Waals surface area contributed by atoms with E-state index in [9.17, 15) is 4.79 Å². The Hall–Kier alpha value is -2.88. The van der Waals surface area contributed by atoms with Crippen molar-refractivity contribution < 1.29 is 9.53 Å². The minimum atomic E-state index is -0.0265. The average Bonchev–Trinajstić information content (AvgIpc) is 2.91. The number of aromatic nitrogens is 1. The van der Waals surface area contributed by atoms with Crippen molar-refractivity contribution >= 4 is 22.5 Å². The molecule has 0 aliphatic carbocycles. The lowest BCUT2D eigenvalue weighted by Gasteiger charge is -2.18. The minimum absolute atomic E-state index is 0.0265. The van der Waals surface area contributed by atoms with E-state index >= 15 is 0 Å². The van der Waals surface area contributed by atoms with E-state index in [-0.39, 0.29) is 5.91 Å². The third-order valence-corrected chi connectivity index (χ3v) is 4.56. The van der Waals surface area contributed by atoms with Crippen molar-refractivity contribution in [2.24, 2.45) is 0 Å². The number of rotatable bonds is 2. The molecule has 0 radical (unpaired) electrons. The van der Waals surface area contributed by atoms with Gasteiger partial charge in [-0.15, -0.1) is 0 Å². The lowest BCUT2D eigenvalue weighted by molar-refractivity contribution is 0.0994. The van der Waals surface area contributed by atoms with Crippen molar-refractivity contribution in [1.29, 1.82) is 0 Å². The van der Waals surface area contributed by atoms with Crippen LogP contribution in [0.5, 0.6) is 5.75 Å². The second-order valence-electron chi connectivity index (χ2n) is 6.14. The summed E-state index contributed by atoms with van der Waals surface area (Å²) in [6, 6.07) is 14.0. The Bertz CT molecular complexity index is 979. The Balaban J connectivity index is 1.89. The highest BCUT2D eigenvalue weighted by atomic mass is 16.5. The third-order valence-electron chi connectivity index (χ3n) is 4.56. The number of aryl methyl sites for hydroxylation is 2. The molecule has 0 saturated heterocycles. The highest BCUT2D eigenvalue weighted by Gasteiger charge is 2.33. The number of pyridine rings is 1. The van der Waals surface area contributed by atoms with Crippen molar-refractivity contribution in [3.8, 4) is 5.75 Å². The molecule has 2 aromatic carbocycles. The fraction of sp³-hybridized carbons (Fsp3) is 0.200. The molecule has 1 aliphatic heterocycles. The highest BCUT2D eigenvalue weighted by Crippen LogP contribution is 2.37. The normalized spacial score (nSPS) is 13.5. The number of amides is 1. The molecular weight excluding hydrogens is 300 g/mol. The molecule has 0 unspecified atom stereocenters. The van der Waals surface area contributed by atoms with Crippen LogP contribution in [-0.2, 0) is 6.54 Å². The maximum Gasteiger partial charge on any atom is 0.262 e. The predicted molar refractivity (Wildman–Crippen MR) is 94.7 cm³/mol. The van der Waals surface area contributed by atoms with Gasteiger partial charge in [0.25, 0.3) is 5.91 Å². The maximum atomic E-state index is 13.1. The number of methoxy groups -OCH3 is 1. The summed E-state index contributed by atoms with van der Waals surface area (Å²) in [7, 11) is 1.61. The first kappa shape index (κ1) is 14.7. The number of nitrogens with zero attached hydrogens (tertiary/aromatic N) is 2. The Morgan fingerprint density at radius 1 is 1.08 bits per heavy atom. The summed E-state index contributed by atoms with van der Waals surface area (Å²) < 4.78 is 5.49. The summed E-state index contributed by atoms with van der Waals surface area (Å²) in [5.74, 6) is 0.644. The molecule has 1 aliphatic rings. The van der Waals surface area contributed by atoms with Gasteiger partial charge in [-0.3, -0.25) is 9.78 Å². The predicted octanol–water partition coefficient (Wildman–Crippen LogP) is 4.02. The van der Waals surface area contributed by atoms with E-state index in [0.717, 1.165) is 33.4 Å². The van der Waals surface area contributed by atoms with Gasteiger partial charge >= 0.3 is 0 Å². The van der Waals surface area contributed by atoms with Crippen LogP contribution in [0.25, 0.3) is 10.9 Å². The van der Waals surface area contributed by atoms with Gasteiger partial charge in [-0.1, -0.05) is 30.3 Å². The number of fused-ring (bicyclic) bond motifs is 2. The molecule has 0 bridgehead atoms. The number of anilines is 1. The van der Waals surface area contributed by atoms with Gasteiger partial charge in [0.2, 0.25) is 0 Å². The molecule has 2 heterocycles. The summed E-state index contributed by atoms with van der Waals surface area (Å²) in [6.45, 7) is 4.46. The molecule has 0 N–H and O–H groups in total. The topological polar surface area (TPSA) is 42.4 Å². The Morgan fingerprint density at radius 2 is 1.92 bits per heavy atom. The van der Waals surface area contributed by atoms with Crippen molar-refractivity contribution in [2.75, 3.05) is 12.0 Å². The van der Waals surface area contributed by atoms with Crippen LogP contribution in [0, 0.1) is 13.8 Å². The van der Waals surface area contributed by atoms with E-state index < -0.39 is 0 Å². The zero-order chi connectivity index (χ0) is 16.8. The molecule has 1 aromatic heterocycles. The van der Waals surface area contributed by atoms with Gasteiger partial charge in [0, 0.05) is 11.1 Å². The first-order chi connectivity index (χ1) is 11.6. The van der Waals surface area contributed by atoms with Gasteiger partial charge in [0.1, 0.15) is 5.75 Å². The number of carbonyl (C=O) groups is 1. The minimum Gasteiger partial charge on any atom is -0.496 e. The van der Waals surface area contributed by atoms with E-state index in [2.05, 4.69) is 4.98 Å². The molecule has 24 heavy (non-hydrogen) atoms. The highest BCUT2D eigenvalue weighted by molar-refractivity contribution is 6.14. The van der Waals surface area contributed by atoms with Gasteiger partial charge in [-0.25, -0.2) is 0 Å². The SMILES string of the molecule is COc1c(C)ccc2c1C(=O)N(c1cccc3ccc(C)nc13)C2. The van der Waals surface area contributed by atoms with Gasteiger partial charge in [-0.2, -0.15) is 0 Å². The van der Waals surface area contributed by atoms with Gasteiger partial charge in [0.15, 0.2) is 0 Å². The smallest absolute Gasteiger partial charge is 0.262 e. The van der Waals surface area contributed by atoms with Crippen LogP contribution in [0.15, 0.2) is 42.5 Å². The second kappa shape index (κ2) is 5.34. The fourth-order valence-electron chi connectivity index (χ4n) is 3.38. The number of hydrogen-bond donors (Lipinski definition) is 0. The molecule has 4 heteroatoms. The summed E-state index contributed by atoms with van der Waals surface area (Å²) in [5.41, 5.74) is 5.27. The lowest BCUT2D eigenvalue weighted by Crippen LogP contribution is -2.23. The van der Waals surface area contributed by atoms with Crippen LogP contribution in [0.2, 0.25) is 0 Å². The van der Waals surface area contributed by atoms with Crippen LogP contribution in [-0.4, -0.2) is 18.0 Å². The quantitative estimate of drug-likeness (QED) is 0.716. The first-order valence-electron chi connectivity index (χ1n) is 7.95. The fourth-order valence-corrected chi connectivity index (χ4v) is 3.38. The standard InChI is InChI=1S/C20H18N2O2/c1-12-7-9-15-11-22(20(23)17(15)19(12)24-3)16-6-4-5-14-10-8-13(2)21-18(14)16/h4-10H,11H2,1-3H3. The molecule has 4 nitrogen and oxygen atoms in total. The van der Waals surface area contributed by atoms with E-state index in [1.165, 1.54) is 0 Å². The van der Waals surface area contributed by atoms with E-state index in [1.807, 2.05) is 56.3 Å². The van der Waals surface area contributed by atoms with Crippen molar-refractivity contribution in [3.63, 3.8) is 0 Å².